The maximum Gasteiger partial charge on any atom is 0.352 e. The molecule has 9 heteroatoms. The van der Waals surface area contributed by atoms with Crippen molar-refractivity contribution in [3.63, 3.8) is 0 Å². The van der Waals surface area contributed by atoms with Gasteiger partial charge in [0.25, 0.3) is 0 Å². The number of carboxylic acids is 1. The predicted molar refractivity (Wildman–Crippen MR) is 87.3 cm³/mol. The van der Waals surface area contributed by atoms with E-state index in [2.05, 4.69) is 4.72 Å². The minimum Gasteiger partial charge on any atom is -0.477 e. The molecular formula is C16H15FN2O5S. The van der Waals surface area contributed by atoms with Crippen molar-refractivity contribution in [3.05, 3.63) is 53.8 Å². The summed E-state index contributed by atoms with van der Waals surface area (Å²) < 4.78 is 47.6. The van der Waals surface area contributed by atoms with Gasteiger partial charge >= 0.3 is 5.97 Å². The molecule has 0 amide bonds. The molecule has 2 aromatic heterocycles. The zero-order valence-corrected chi connectivity index (χ0v) is 14.2. The molecule has 0 spiro atoms. The second-order valence-corrected chi connectivity index (χ2v) is 7.34. The summed E-state index contributed by atoms with van der Waals surface area (Å²) in [5.41, 5.74) is 0.382. The van der Waals surface area contributed by atoms with Crippen molar-refractivity contribution >= 4 is 27.0 Å². The SMILES string of the molecule is C[C@@H](NS(=O)(=O)c1cc(C(=O)O)n(C)c1)c1coc2c(F)cccc12. The lowest BCUT2D eigenvalue weighted by Crippen LogP contribution is -2.26. The summed E-state index contributed by atoms with van der Waals surface area (Å²) in [5.74, 6) is -1.76. The van der Waals surface area contributed by atoms with E-state index in [9.17, 15) is 17.6 Å². The maximum atomic E-state index is 13.7. The summed E-state index contributed by atoms with van der Waals surface area (Å²) >= 11 is 0. The first-order valence-corrected chi connectivity index (χ1v) is 8.76. The highest BCUT2D eigenvalue weighted by Crippen LogP contribution is 2.29. The Morgan fingerprint density at radius 1 is 1.40 bits per heavy atom. The van der Waals surface area contributed by atoms with Crippen LogP contribution in [0.2, 0.25) is 0 Å². The number of hydrogen-bond acceptors (Lipinski definition) is 4. The van der Waals surface area contributed by atoms with Gasteiger partial charge in [-0.2, -0.15) is 0 Å². The van der Waals surface area contributed by atoms with Crippen molar-refractivity contribution in [2.45, 2.75) is 17.9 Å². The van der Waals surface area contributed by atoms with Gasteiger partial charge in [-0.3, -0.25) is 0 Å². The molecule has 0 fully saturated rings. The number of para-hydroxylation sites is 1. The molecule has 132 valence electrons. The molecule has 1 aromatic carbocycles. The molecule has 25 heavy (non-hydrogen) atoms. The topological polar surface area (TPSA) is 102 Å². The van der Waals surface area contributed by atoms with E-state index < -0.39 is 27.9 Å². The van der Waals surface area contributed by atoms with E-state index in [0.717, 1.165) is 6.07 Å². The van der Waals surface area contributed by atoms with Crippen LogP contribution in [0, 0.1) is 5.82 Å². The van der Waals surface area contributed by atoms with E-state index in [1.165, 1.54) is 36.2 Å². The number of rotatable bonds is 5. The molecule has 2 N–H and O–H groups in total. The number of benzene rings is 1. The molecule has 0 unspecified atom stereocenters. The Morgan fingerprint density at radius 3 is 2.76 bits per heavy atom. The van der Waals surface area contributed by atoms with E-state index in [1.807, 2.05) is 0 Å². The number of aromatic nitrogens is 1. The minimum atomic E-state index is -3.97. The highest BCUT2D eigenvalue weighted by Gasteiger charge is 2.24. The summed E-state index contributed by atoms with van der Waals surface area (Å²) in [6, 6.07) is 4.76. The number of carboxylic acid groups (broad SMARTS) is 1. The Balaban J connectivity index is 1.93. The van der Waals surface area contributed by atoms with Crippen LogP contribution in [0.25, 0.3) is 11.0 Å². The van der Waals surface area contributed by atoms with Crippen molar-refractivity contribution in [3.8, 4) is 0 Å². The average Bonchev–Trinajstić information content (AvgIpc) is 3.11. The van der Waals surface area contributed by atoms with Crippen LogP contribution in [-0.2, 0) is 17.1 Å². The first-order valence-electron chi connectivity index (χ1n) is 7.28. The number of sulfonamides is 1. The molecule has 0 radical (unpaired) electrons. The van der Waals surface area contributed by atoms with Gasteiger partial charge in [0.1, 0.15) is 10.6 Å². The lowest BCUT2D eigenvalue weighted by Gasteiger charge is -2.12. The van der Waals surface area contributed by atoms with Crippen LogP contribution in [0.15, 0.2) is 46.0 Å². The zero-order valence-electron chi connectivity index (χ0n) is 13.4. The largest absolute Gasteiger partial charge is 0.477 e. The fourth-order valence-corrected chi connectivity index (χ4v) is 3.93. The number of carbonyl (C=O) groups is 1. The second-order valence-electron chi connectivity index (χ2n) is 5.63. The number of fused-ring (bicyclic) bond motifs is 1. The number of halogens is 1. The van der Waals surface area contributed by atoms with Gasteiger partial charge < -0.3 is 14.1 Å². The monoisotopic (exact) mass is 366 g/mol. The normalized spacial score (nSPS) is 13.2. The van der Waals surface area contributed by atoms with Gasteiger partial charge in [-0.25, -0.2) is 22.3 Å². The number of nitrogens with one attached hydrogen (secondary N) is 1. The van der Waals surface area contributed by atoms with E-state index in [-0.39, 0.29) is 16.2 Å². The van der Waals surface area contributed by atoms with E-state index in [4.69, 9.17) is 9.52 Å². The van der Waals surface area contributed by atoms with Crippen LogP contribution < -0.4 is 4.72 Å². The smallest absolute Gasteiger partial charge is 0.352 e. The molecule has 0 aliphatic heterocycles. The van der Waals surface area contributed by atoms with Gasteiger partial charge in [-0.1, -0.05) is 12.1 Å². The number of aromatic carboxylic acids is 1. The molecule has 7 nitrogen and oxygen atoms in total. The van der Waals surface area contributed by atoms with E-state index in [1.54, 1.807) is 13.0 Å². The summed E-state index contributed by atoms with van der Waals surface area (Å²) in [4.78, 5) is 10.9. The van der Waals surface area contributed by atoms with E-state index in [0.29, 0.717) is 10.9 Å². The minimum absolute atomic E-state index is 0.0522. The van der Waals surface area contributed by atoms with Gasteiger partial charge in [0, 0.05) is 30.2 Å². The highest BCUT2D eigenvalue weighted by molar-refractivity contribution is 7.89. The Kier molecular flexibility index (Phi) is 4.13. The van der Waals surface area contributed by atoms with Crippen molar-refractivity contribution < 1.29 is 27.1 Å². The molecule has 2 heterocycles. The van der Waals surface area contributed by atoms with Crippen LogP contribution in [0.4, 0.5) is 4.39 Å². The van der Waals surface area contributed by atoms with Gasteiger partial charge in [-0.05, 0) is 19.1 Å². The number of aryl methyl sites for hydroxylation is 1. The zero-order chi connectivity index (χ0) is 18.4. The second kappa shape index (κ2) is 6.01. The van der Waals surface area contributed by atoms with Crippen LogP contribution in [0.5, 0.6) is 0 Å². The van der Waals surface area contributed by atoms with Crippen LogP contribution in [-0.4, -0.2) is 24.1 Å². The van der Waals surface area contributed by atoms with Crippen LogP contribution in [0.1, 0.15) is 29.0 Å². The summed E-state index contributed by atoms with van der Waals surface area (Å²) in [5, 5.41) is 9.50. The van der Waals surface area contributed by atoms with Gasteiger partial charge in [0.05, 0.1) is 6.26 Å². The summed E-state index contributed by atoms with van der Waals surface area (Å²) in [6.07, 6.45) is 2.51. The van der Waals surface area contributed by atoms with Crippen LogP contribution >= 0.6 is 0 Å². The molecule has 0 saturated carbocycles. The van der Waals surface area contributed by atoms with Crippen molar-refractivity contribution in [2.75, 3.05) is 0 Å². The van der Waals surface area contributed by atoms with Crippen molar-refractivity contribution in [1.29, 1.82) is 0 Å². The molecule has 0 bridgehead atoms. The third kappa shape index (κ3) is 3.03. The fourth-order valence-electron chi connectivity index (χ4n) is 2.64. The van der Waals surface area contributed by atoms with Crippen molar-refractivity contribution in [2.24, 2.45) is 7.05 Å². The Bertz CT molecular complexity index is 1070. The quantitative estimate of drug-likeness (QED) is 0.723. The molecule has 0 aliphatic carbocycles. The lowest BCUT2D eigenvalue weighted by atomic mass is 10.1. The highest BCUT2D eigenvalue weighted by atomic mass is 32.2. The molecule has 3 rings (SSSR count). The van der Waals surface area contributed by atoms with Gasteiger partial charge in [0.2, 0.25) is 10.0 Å². The maximum absolute atomic E-state index is 13.7. The number of hydrogen-bond donors (Lipinski definition) is 2. The number of nitrogens with zero attached hydrogens (tertiary/aromatic N) is 1. The average molecular weight is 366 g/mol. The van der Waals surface area contributed by atoms with Gasteiger partial charge in [0.15, 0.2) is 11.4 Å². The third-order valence-electron chi connectivity index (χ3n) is 3.89. The van der Waals surface area contributed by atoms with Gasteiger partial charge in [-0.15, -0.1) is 0 Å². The fraction of sp³-hybridized carbons (Fsp3) is 0.188. The van der Waals surface area contributed by atoms with Crippen molar-refractivity contribution in [1.82, 2.24) is 9.29 Å². The third-order valence-corrected chi connectivity index (χ3v) is 5.40. The molecule has 3 aromatic rings. The number of furan rings is 1. The Hall–Kier alpha value is -2.65. The Morgan fingerprint density at radius 2 is 2.12 bits per heavy atom. The van der Waals surface area contributed by atoms with E-state index >= 15 is 0 Å². The molecule has 0 aliphatic rings. The summed E-state index contributed by atoms with van der Waals surface area (Å²) in [7, 11) is -2.53. The van der Waals surface area contributed by atoms with Crippen LogP contribution in [0.3, 0.4) is 0 Å². The molecular weight excluding hydrogens is 351 g/mol. The first kappa shape index (κ1) is 17.2. The molecule has 1 atom stereocenters. The predicted octanol–water partition coefficient (Wildman–Crippen LogP) is 2.65. The lowest BCUT2D eigenvalue weighted by molar-refractivity contribution is 0.0686. The Labute approximate surface area is 142 Å². The summed E-state index contributed by atoms with van der Waals surface area (Å²) in [6.45, 7) is 1.59. The first-order chi connectivity index (χ1) is 11.7. The standard InChI is InChI=1S/C16H15FN2O5S/c1-9(12-8-24-15-11(12)4-3-5-13(15)17)18-25(22,23)10-6-14(16(20)21)19(2)7-10/h3-9,18H,1-2H3,(H,20,21)/t9-/m1/s1. The molecule has 0 saturated heterocycles.